The Balaban J connectivity index is 1.71. The fourth-order valence-electron chi connectivity index (χ4n) is 2.87. The molecule has 3 rings (SSSR count). The van der Waals surface area contributed by atoms with Crippen LogP contribution in [-0.2, 0) is 13.1 Å². The van der Waals surface area contributed by atoms with E-state index in [0.717, 1.165) is 25.4 Å². The Bertz CT molecular complexity index is 507. The lowest BCUT2D eigenvalue weighted by molar-refractivity contribution is 0.214. The van der Waals surface area contributed by atoms with Crippen LogP contribution in [0, 0.1) is 5.41 Å². The van der Waals surface area contributed by atoms with Crippen LogP contribution >= 0.6 is 12.6 Å². The lowest BCUT2D eigenvalue weighted by Crippen LogP contribution is -2.30. The maximum absolute atomic E-state index is 4.56. The van der Waals surface area contributed by atoms with E-state index in [2.05, 4.69) is 78.2 Å². The molecule has 21 heavy (non-hydrogen) atoms. The lowest BCUT2D eigenvalue weighted by atomic mass is 10.1. The molecule has 0 bridgehead atoms. The van der Waals surface area contributed by atoms with E-state index in [1.807, 2.05) is 0 Å². The lowest BCUT2D eigenvalue weighted by Gasteiger charge is -2.27. The Labute approximate surface area is 133 Å². The first-order chi connectivity index (χ1) is 10.3. The van der Waals surface area contributed by atoms with E-state index in [4.69, 9.17) is 0 Å². The minimum atomic E-state index is 0.465. The highest BCUT2D eigenvalue weighted by Crippen LogP contribution is 2.47. The number of rotatable bonds is 7. The number of hydrogen-bond donors (Lipinski definition) is 1. The van der Waals surface area contributed by atoms with E-state index >= 15 is 0 Å². The molecule has 110 valence electrons. The molecule has 0 radical (unpaired) electrons. The Kier molecular flexibility index (Phi) is 4.67. The average Bonchev–Trinajstić information content (AvgIpc) is 3.29. The molecular weight excluding hydrogens is 274 g/mol. The van der Waals surface area contributed by atoms with Gasteiger partial charge in [0.15, 0.2) is 0 Å². The third-order valence-corrected chi connectivity index (χ3v) is 5.02. The van der Waals surface area contributed by atoms with Crippen LogP contribution in [0.1, 0.15) is 24.0 Å². The van der Waals surface area contributed by atoms with Gasteiger partial charge in [0.25, 0.3) is 0 Å². The van der Waals surface area contributed by atoms with Crippen LogP contribution < -0.4 is 0 Å². The zero-order valence-corrected chi connectivity index (χ0v) is 13.3. The van der Waals surface area contributed by atoms with E-state index in [0.29, 0.717) is 5.41 Å². The van der Waals surface area contributed by atoms with Gasteiger partial charge in [0.2, 0.25) is 0 Å². The van der Waals surface area contributed by atoms with E-state index in [-0.39, 0.29) is 0 Å². The van der Waals surface area contributed by atoms with E-state index in [1.165, 1.54) is 24.0 Å². The number of thiol groups is 1. The summed E-state index contributed by atoms with van der Waals surface area (Å²) in [6.07, 6.45) is 2.66. The first kappa shape index (κ1) is 14.7. The quantitative estimate of drug-likeness (QED) is 0.741. The van der Waals surface area contributed by atoms with Crippen LogP contribution in [0.25, 0.3) is 0 Å². The Morgan fingerprint density at radius 3 is 1.67 bits per heavy atom. The van der Waals surface area contributed by atoms with Gasteiger partial charge in [-0.25, -0.2) is 0 Å². The molecule has 1 nitrogen and oxygen atoms in total. The molecule has 1 aliphatic carbocycles. The number of hydrogen-bond acceptors (Lipinski definition) is 2. The van der Waals surface area contributed by atoms with E-state index in [1.54, 1.807) is 0 Å². The van der Waals surface area contributed by atoms with Crippen LogP contribution in [0.4, 0.5) is 0 Å². The third kappa shape index (κ3) is 4.12. The monoisotopic (exact) mass is 297 g/mol. The summed E-state index contributed by atoms with van der Waals surface area (Å²) in [6.45, 7) is 3.19. The van der Waals surface area contributed by atoms with Crippen LogP contribution in [-0.4, -0.2) is 17.2 Å². The molecule has 0 unspecified atom stereocenters. The molecule has 0 spiro atoms. The summed E-state index contributed by atoms with van der Waals surface area (Å²) in [6, 6.07) is 21.6. The molecule has 0 amide bonds. The second-order valence-electron chi connectivity index (χ2n) is 6.27. The van der Waals surface area contributed by atoms with E-state index < -0.39 is 0 Å². The molecule has 0 atom stereocenters. The SMILES string of the molecule is SCC1(CN(Cc2ccccc2)Cc2ccccc2)CC1. The fraction of sp³-hybridized carbons (Fsp3) is 0.368. The maximum Gasteiger partial charge on any atom is 0.0237 e. The normalized spacial score (nSPS) is 16.1. The molecule has 1 fully saturated rings. The minimum Gasteiger partial charge on any atom is -0.294 e. The van der Waals surface area contributed by atoms with Crippen molar-refractivity contribution in [2.45, 2.75) is 25.9 Å². The highest BCUT2D eigenvalue weighted by Gasteiger charge is 2.42. The molecule has 2 aromatic carbocycles. The van der Waals surface area contributed by atoms with Crippen LogP contribution in [0.15, 0.2) is 60.7 Å². The summed E-state index contributed by atoms with van der Waals surface area (Å²) >= 11 is 4.56. The van der Waals surface area contributed by atoms with Crippen molar-refractivity contribution >= 4 is 12.6 Å². The molecule has 2 aromatic rings. The zero-order valence-electron chi connectivity index (χ0n) is 12.4. The van der Waals surface area contributed by atoms with Gasteiger partial charge in [0.1, 0.15) is 0 Å². The summed E-state index contributed by atoms with van der Waals surface area (Å²) < 4.78 is 0. The third-order valence-electron chi connectivity index (χ3n) is 4.35. The second kappa shape index (κ2) is 6.67. The number of benzene rings is 2. The van der Waals surface area contributed by atoms with Gasteiger partial charge in [0, 0.05) is 19.6 Å². The predicted octanol–water partition coefficient (Wildman–Crippen LogP) is 4.40. The van der Waals surface area contributed by atoms with Crippen molar-refractivity contribution in [2.24, 2.45) is 5.41 Å². The average molecular weight is 297 g/mol. The van der Waals surface area contributed by atoms with Gasteiger partial charge < -0.3 is 0 Å². The summed E-state index contributed by atoms with van der Waals surface area (Å²) in [5, 5.41) is 0. The van der Waals surface area contributed by atoms with Crippen molar-refractivity contribution < 1.29 is 0 Å². The van der Waals surface area contributed by atoms with Crippen molar-refractivity contribution in [2.75, 3.05) is 12.3 Å². The minimum absolute atomic E-state index is 0.465. The van der Waals surface area contributed by atoms with Gasteiger partial charge in [-0.15, -0.1) is 0 Å². The van der Waals surface area contributed by atoms with Gasteiger partial charge in [-0.2, -0.15) is 12.6 Å². The Morgan fingerprint density at radius 2 is 1.29 bits per heavy atom. The molecule has 0 heterocycles. The Morgan fingerprint density at radius 1 is 0.810 bits per heavy atom. The molecule has 0 saturated heterocycles. The highest BCUT2D eigenvalue weighted by atomic mass is 32.1. The largest absolute Gasteiger partial charge is 0.294 e. The van der Waals surface area contributed by atoms with Crippen molar-refractivity contribution in [1.29, 1.82) is 0 Å². The smallest absolute Gasteiger partial charge is 0.0237 e. The van der Waals surface area contributed by atoms with Gasteiger partial charge in [-0.1, -0.05) is 60.7 Å². The van der Waals surface area contributed by atoms with Crippen LogP contribution in [0.5, 0.6) is 0 Å². The van der Waals surface area contributed by atoms with E-state index in [9.17, 15) is 0 Å². The second-order valence-corrected chi connectivity index (χ2v) is 6.59. The van der Waals surface area contributed by atoms with Crippen molar-refractivity contribution in [1.82, 2.24) is 4.90 Å². The molecule has 2 heteroatoms. The zero-order chi connectivity index (χ0) is 14.5. The predicted molar refractivity (Wildman–Crippen MR) is 92.5 cm³/mol. The first-order valence-electron chi connectivity index (χ1n) is 7.71. The topological polar surface area (TPSA) is 3.24 Å². The summed E-state index contributed by atoms with van der Waals surface area (Å²) in [7, 11) is 0. The molecule has 1 saturated carbocycles. The van der Waals surface area contributed by atoms with Gasteiger partial charge in [-0.05, 0) is 35.1 Å². The molecule has 1 aliphatic rings. The summed E-state index contributed by atoms with van der Waals surface area (Å²) in [4.78, 5) is 2.58. The van der Waals surface area contributed by atoms with Gasteiger partial charge in [-0.3, -0.25) is 4.90 Å². The Hall–Kier alpha value is -1.25. The van der Waals surface area contributed by atoms with Crippen molar-refractivity contribution in [3.63, 3.8) is 0 Å². The molecule has 0 aromatic heterocycles. The number of nitrogens with zero attached hydrogens (tertiary/aromatic N) is 1. The molecule has 0 aliphatic heterocycles. The summed E-state index contributed by atoms with van der Waals surface area (Å²) in [5.41, 5.74) is 3.25. The molecule has 0 N–H and O–H groups in total. The molecular formula is C19H23NS. The van der Waals surface area contributed by atoms with Crippen LogP contribution in [0.2, 0.25) is 0 Å². The van der Waals surface area contributed by atoms with Crippen LogP contribution in [0.3, 0.4) is 0 Å². The van der Waals surface area contributed by atoms with Crippen molar-refractivity contribution in [3.8, 4) is 0 Å². The van der Waals surface area contributed by atoms with Crippen molar-refractivity contribution in [3.05, 3.63) is 71.8 Å². The standard InChI is InChI=1S/C19H23NS/c21-16-19(11-12-19)15-20(13-17-7-3-1-4-8-17)14-18-9-5-2-6-10-18/h1-10,21H,11-16H2. The van der Waals surface area contributed by atoms with Gasteiger partial charge in [0.05, 0.1) is 0 Å². The fourth-order valence-corrected chi connectivity index (χ4v) is 3.28. The van der Waals surface area contributed by atoms with Gasteiger partial charge >= 0.3 is 0 Å². The summed E-state index contributed by atoms with van der Waals surface area (Å²) in [5.74, 6) is 1.01. The first-order valence-corrected chi connectivity index (χ1v) is 8.34. The highest BCUT2D eigenvalue weighted by molar-refractivity contribution is 7.80. The maximum atomic E-state index is 4.56.